The van der Waals surface area contributed by atoms with E-state index in [4.69, 9.17) is 0 Å². The molecule has 0 spiro atoms. The van der Waals surface area contributed by atoms with Gasteiger partial charge in [-0.2, -0.15) is 0 Å². The van der Waals surface area contributed by atoms with Crippen LogP contribution in [0.4, 0.5) is 0 Å². The Kier molecular flexibility index (Phi) is 2.58. The molecule has 0 fully saturated rings. The standard InChI is InChI=1S/C10H11IO2/c11-7-3-1-2-6-4-5-8(12)10(13)9(6)7/h1-3,8,10,12-13H,4-5H2/t8-,10-/m1/s1. The molecule has 1 aromatic carbocycles. The molecule has 0 amide bonds. The molecule has 0 heterocycles. The lowest BCUT2D eigenvalue weighted by Gasteiger charge is -2.27. The molecule has 70 valence electrons. The number of aryl methyl sites for hydroxylation is 1. The zero-order valence-corrected chi connectivity index (χ0v) is 9.23. The van der Waals surface area contributed by atoms with E-state index >= 15 is 0 Å². The van der Waals surface area contributed by atoms with Crippen molar-refractivity contribution < 1.29 is 10.2 Å². The summed E-state index contributed by atoms with van der Waals surface area (Å²) in [5.41, 5.74) is 2.09. The molecule has 13 heavy (non-hydrogen) atoms. The zero-order chi connectivity index (χ0) is 9.42. The van der Waals surface area contributed by atoms with Crippen molar-refractivity contribution in [1.82, 2.24) is 0 Å². The van der Waals surface area contributed by atoms with Crippen LogP contribution >= 0.6 is 22.6 Å². The Bertz CT molecular complexity index is 325. The third-order valence-electron chi connectivity index (χ3n) is 2.51. The van der Waals surface area contributed by atoms with Crippen molar-refractivity contribution in [2.45, 2.75) is 25.0 Å². The highest BCUT2D eigenvalue weighted by Crippen LogP contribution is 2.32. The Morgan fingerprint density at radius 1 is 1.31 bits per heavy atom. The first-order valence-corrected chi connectivity index (χ1v) is 5.41. The lowest BCUT2D eigenvalue weighted by molar-refractivity contribution is 0.00596. The fourth-order valence-electron chi connectivity index (χ4n) is 1.78. The maximum Gasteiger partial charge on any atom is 0.106 e. The van der Waals surface area contributed by atoms with Gasteiger partial charge in [-0.25, -0.2) is 0 Å². The van der Waals surface area contributed by atoms with E-state index < -0.39 is 12.2 Å². The minimum Gasteiger partial charge on any atom is -0.390 e. The van der Waals surface area contributed by atoms with E-state index in [0.717, 1.165) is 15.6 Å². The predicted octanol–water partition coefficient (Wildman–Crippen LogP) is 1.63. The number of aliphatic hydroxyl groups excluding tert-OH is 2. The monoisotopic (exact) mass is 290 g/mol. The molecule has 0 saturated carbocycles. The Morgan fingerprint density at radius 2 is 2.08 bits per heavy atom. The van der Waals surface area contributed by atoms with Crippen LogP contribution in [0.2, 0.25) is 0 Å². The first-order valence-electron chi connectivity index (χ1n) is 4.33. The van der Waals surface area contributed by atoms with E-state index in [2.05, 4.69) is 22.6 Å². The second-order valence-electron chi connectivity index (χ2n) is 3.36. The van der Waals surface area contributed by atoms with Crippen LogP contribution in [0.5, 0.6) is 0 Å². The Morgan fingerprint density at radius 3 is 2.85 bits per heavy atom. The second kappa shape index (κ2) is 3.55. The summed E-state index contributed by atoms with van der Waals surface area (Å²) in [5, 5.41) is 19.3. The minimum absolute atomic E-state index is 0.594. The van der Waals surface area contributed by atoms with Gasteiger partial charge in [0.25, 0.3) is 0 Å². The van der Waals surface area contributed by atoms with Gasteiger partial charge >= 0.3 is 0 Å². The third-order valence-corrected chi connectivity index (χ3v) is 3.45. The van der Waals surface area contributed by atoms with Gasteiger partial charge in [0.05, 0.1) is 6.10 Å². The van der Waals surface area contributed by atoms with Gasteiger partial charge in [-0.05, 0) is 52.6 Å². The maximum atomic E-state index is 9.76. The predicted molar refractivity (Wildman–Crippen MR) is 58.4 cm³/mol. The van der Waals surface area contributed by atoms with E-state index in [1.165, 1.54) is 5.56 Å². The van der Waals surface area contributed by atoms with Crippen LogP contribution in [-0.2, 0) is 6.42 Å². The molecule has 1 aliphatic rings. The average Bonchev–Trinajstić information content (AvgIpc) is 2.12. The fourth-order valence-corrected chi connectivity index (χ4v) is 2.66. The zero-order valence-electron chi connectivity index (χ0n) is 7.07. The van der Waals surface area contributed by atoms with E-state index in [0.29, 0.717) is 6.42 Å². The summed E-state index contributed by atoms with van der Waals surface area (Å²) >= 11 is 2.20. The molecule has 0 bridgehead atoms. The van der Waals surface area contributed by atoms with Crippen LogP contribution in [0.25, 0.3) is 0 Å². The summed E-state index contributed by atoms with van der Waals surface area (Å²) in [6.45, 7) is 0. The highest BCUT2D eigenvalue weighted by Gasteiger charge is 2.27. The van der Waals surface area contributed by atoms with E-state index in [9.17, 15) is 10.2 Å². The molecular weight excluding hydrogens is 279 g/mol. The Hall–Kier alpha value is -0.130. The van der Waals surface area contributed by atoms with Crippen molar-refractivity contribution in [3.8, 4) is 0 Å². The molecule has 0 aromatic heterocycles. The Balaban J connectivity index is 2.51. The summed E-state index contributed by atoms with van der Waals surface area (Å²) in [6, 6.07) is 5.97. The van der Waals surface area contributed by atoms with Crippen molar-refractivity contribution >= 4 is 22.6 Å². The number of hydrogen-bond acceptors (Lipinski definition) is 2. The molecule has 0 unspecified atom stereocenters. The summed E-state index contributed by atoms with van der Waals surface area (Å²) < 4.78 is 1.04. The highest BCUT2D eigenvalue weighted by atomic mass is 127. The molecule has 2 N–H and O–H groups in total. The first-order chi connectivity index (χ1) is 6.20. The van der Waals surface area contributed by atoms with Gasteiger partial charge in [-0.3, -0.25) is 0 Å². The first kappa shape index (κ1) is 9.43. The second-order valence-corrected chi connectivity index (χ2v) is 4.53. The smallest absolute Gasteiger partial charge is 0.106 e. The molecule has 2 atom stereocenters. The lowest BCUT2D eigenvalue weighted by Crippen LogP contribution is -2.25. The van der Waals surface area contributed by atoms with Gasteiger partial charge in [-0.1, -0.05) is 12.1 Å². The van der Waals surface area contributed by atoms with Gasteiger partial charge in [-0.15, -0.1) is 0 Å². The molecule has 2 nitrogen and oxygen atoms in total. The summed E-state index contributed by atoms with van der Waals surface area (Å²) in [5.74, 6) is 0. The number of halogens is 1. The molecule has 1 aromatic rings. The SMILES string of the molecule is O[C@@H]1CCc2cccc(I)c2[C@@H]1O. The van der Waals surface area contributed by atoms with Gasteiger partial charge in [0.15, 0.2) is 0 Å². The molecule has 0 aliphatic heterocycles. The Labute approximate surface area is 90.7 Å². The third kappa shape index (κ3) is 1.60. The van der Waals surface area contributed by atoms with Gasteiger partial charge < -0.3 is 10.2 Å². The van der Waals surface area contributed by atoms with E-state index in [-0.39, 0.29) is 0 Å². The van der Waals surface area contributed by atoms with Crippen LogP contribution in [0, 0.1) is 3.57 Å². The largest absolute Gasteiger partial charge is 0.390 e. The van der Waals surface area contributed by atoms with Crippen molar-refractivity contribution in [3.05, 3.63) is 32.9 Å². The van der Waals surface area contributed by atoms with Crippen LogP contribution < -0.4 is 0 Å². The minimum atomic E-state index is -0.697. The average molecular weight is 290 g/mol. The van der Waals surface area contributed by atoms with E-state index in [1.807, 2.05) is 18.2 Å². The topological polar surface area (TPSA) is 40.5 Å². The quantitative estimate of drug-likeness (QED) is 0.713. The maximum absolute atomic E-state index is 9.76. The number of fused-ring (bicyclic) bond motifs is 1. The van der Waals surface area contributed by atoms with Crippen LogP contribution in [0.15, 0.2) is 18.2 Å². The van der Waals surface area contributed by atoms with Crippen LogP contribution in [0.1, 0.15) is 23.7 Å². The molecule has 3 heteroatoms. The van der Waals surface area contributed by atoms with E-state index in [1.54, 1.807) is 0 Å². The van der Waals surface area contributed by atoms with Crippen molar-refractivity contribution in [1.29, 1.82) is 0 Å². The van der Waals surface area contributed by atoms with Gasteiger partial charge in [0.1, 0.15) is 6.10 Å². The fraction of sp³-hybridized carbons (Fsp3) is 0.400. The van der Waals surface area contributed by atoms with Gasteiger partial charge in [0, 0.05) is 3.57 Å². The molecular formula is C10H11IO2. The van der Waals surface area contributed by atoms with Crippen molar-refractivity contribution in [2.75, 3.05) is 0 Å². The van der Waals surface area contributed by atoms with Gasteiger partial charge in [0.2, 0.25) is 0 Å². The number of benzene rings is 1. The summed E-state index contributed by atoms with van der Waals surface area (Å²) in [6.07, 6.45) is 0.235. The summed E-state index contributed by atoms with van der Waals surface area (Å²) in [4.78, 5) is 0. The van der Waals surface area contributed by atoms with Crippen LogP contribution in [-0.4, -0.2) is 16.3 Å². The lowest BCUT2D eigenvalue weighted by atomic mass is 9.88. The number of hydrogen-bond donors (Lipinski definition) is 2. The normalized spacial score (nSPS) is 27.0. The highest BCUT2D eigenvalue weighted by molar-refractivity contribution is 14.1. The molecule has 0 saturated heterocycles. The number of aliphatic hydroxyl groups is 2. The molecule has 2 rings (SSSR count). The summed E-state index contributed by atoms with van der Waals surface area (Å²) in [7, 11) is 0. The number of rotatable bonds is 0. The molecule has 1 aliphatic carbocycles. The van der Waals surface area contributed by atoms with Crippen LogP contribution in [0.3, 0.4) is 0 Å². The van der Waals surface area contributed by atoms with Crippen molar-refractivity contribution in [2.24, 2.45) is 0 Å². The van der Waals surface area contributed by atoms with Crippen molar-refractivity contribution in [3.63, 3.8) is 0 Å². The molecule has 0 radical (unpaired) electrons.